The van der Waals surface area contributed by atoms with Crippen LogP contribution in [0.5, 0.6) is 5.75 Å². The average molecular weight is 646 g/mol. The molecule has 1 aromatic heterocycles. The van der Waals surface area contributed by atoms with Gasteiger partial charge in [0, 0.05) is 47.0 Å². The van der Waals surface area contributed by atoms with Crippen LogP contribution in [0.1, 0.15) is 69.2 Å². The van der Waals surface area contributed by atoms with Gasteiger partial charge in [-0.1, -0.05) is 12.7 Å². The van der Waals surface area contributed by atoms with Gasteiger partial charge in [0.1, 0.15) is 17.3 Å². The third-order valence-corrected chi connectivity index (χ3v) is 7.04. The highest BCUT2D eigenvalue weighted by Gasteiger charge is 2.25. The molecule has 2 amide bonds. The summed E-state index contributed by atoms with van der Waals surface area (Å²) in [4.78, 5) is 57.6. The molecule has 0 saturated heterocycles. The largest absolute Gasteiger partial charge is 0.496 e. The number of aliphatic imine (C=N–C) groups is 1. The summed E-state index contributed by atoms with van der Waals surface area (Å²) in [5.41, 5.74) is 7.10. The molecule has 246 valence electrons. The summed E-state index contributed by atoms with van der Waals surface area (Å²) in [5.74, 6) is -2.39. The number of amides is 2. The molecule has 1 aliphatic carbocycles. The fraction of sp³-hybridized carbons (Fsp3) is 0.273. The molecule has 14 heteroatoms. The molecule has 1 saturated carbocycles. The molecule has 14 nitrogen and oxygen atoms in total. The van der Waals surface area contributed by atoms with Crippen molar-refractivity contribution in [3.63, 3.8) is 0 Å². The molecule has 1 heterocycles. The molecule has 0 radical (unpaired) electrons. The molecular weight excluding hydrogens is 610 g/mol. The Labute approximate surface area is 270 Å². The number of pyridine rings is 1. The lowest BCUT2D eigenvalue weighted by Gasteiger charge is -2.16. The first-order valence-corrected chi connectivity index (χ1v) is 14.5. The highest BCUT2D eigenvalue weighted by molar-refractivity contribution is 6.11. The van der Waals surface area contributed by atoms with Crippen LogP contribution < -0.4 is 21.1 Å². The summed E-state index contributed by atoms with van der Waals surface area (Å²) in [6.07, 6.45) is 0.800. The summed E-state index contributed by atoms with van der Waals surface area (Å²) in [6.45, 7) is 6.87. The van der Waals surface area contributed by atoms with E-state index in [1.807, 2.05) is 0 Å². The SMILES string of the molecule is C=Cc1cc(C(=O)Nc2ccc(/C(N)=N/C(O)OC(C)OC(C)=O)cc2)c(-c2ccc(C(=O)NCC3CC3)nc2C(=O)O)cc1OC. The van der Waals surface area contributed by atoms with Crippen LogP contribution >= 0.6 is 0 Å². The maximum absolute atomic E-state index is 13.7. The quantitative estimate of drug-likeness (QED) is 0.0742. The molecule has 0 spiro atoms. The fourth-order valence-electron chi connectivity index (χ4n) is 4.54. The minimum atomic E-state index is -1.70. The van der Waals surface area contributed by atoms with Crippen molar-refractivity contribution in [2.45, 2.75) is 39.4 Å². The molecule has 2 aromatic carbocycles. The van der Waals surface area contributed by atoms with E-state index in [4.69, 9.17) is 19.9 Å². The van der Waals surface area contributed by atoms with Crippen molar-refractivity contribution < 1.29 is 43.6 Å². The van der Waals surface area contributed by atoms with Crippen molar-refractivity contribution >= 4 is 41.4 Å². The van der Waals surface area contributed by atoms with Gasteiger partial charge in [0.15, 0.2) is 5.69 Å². The maximum Gasteiger partial charge on any atom is 0.355 e. The van der Waals surface area contributed by atoms with Crippen molar-refractivity contribution in [1.29, 1.82) is 0 Å². The van der Waals surface area contributed by atoms with Crippen molar-refractivity contribution in [1.82, 2.24) is 10.3 Å². The number of amidine groups is 1. The first-order valence-electron chi connectivity index (χ1n) is 14.5. The molecule has 0 bridgehead atoms. The van der Waals surface area contributed by atoms with Crippen molar-refractivity contribution in [3.05, 3.63) is 83.2 Å². The van der Waals surface area contributed by atoms with E-state index in [1.54, 1.807) is 24.3 Å². The molecule has 0 aliphatic heterocycles. The Morgan fingerprint density at radius 3 is 2.40 bits per heavy atom. The normalized spacial score (nSPS) is 14.0. The number of nitrogens with zero attached hydrogens (tertiary/aromatic N) is 2. The topological polar surface area (TPSA) is 212 Å². The van der Waals surface area contributed by atoms with E-state index < -0.39 is 42.2 Å². The first kappa shape index (κ1) is 34.3. The van der Waals surface area contributed by atoms with Crippen LogP contribution in [0.2, 0.25) is 0 Å². The van der Waals surface area contributed by atoms with Gasteiger partial charge in [-0.2, -0.15) is 0 Å². The molecule has 6 N–H and O–H groups in total. The van der Waals surface area contributed by atoms with E-state index in [2.05, 4.69) is 27.2 Å². The fourth-order valence-corrected chi connectivity index (χ4v) is 4.54. The van der Waals surface area contributed by atoms with Gasteiger partial charge in [0.2, 0.25) is 6.29 Å². The highest BCUT2D eigenvalue weighted by atomic mass is 16.7. The Morgan fingerprint density at radius 1 is 1.11 bits per heavy atom. The van der Waals surface area contributed by atoms with Crippen LogP contribution in [0, 0.1) is 5.92 Å². The number of aromatic nitrogens is 1. The second-order valence-electron chi connectivity index (χ2n) is 10.6. The third-order valence-electron chi connectivity index (χ3n) is 7.04. The van der Waals surface area contributed by atoms with Crippen molar-refractivity contribution in [2.75, 3.05) is 19.0 Å². The molecule has 2 atom stereocenters. The molecule has 2 unspecified atom stereocenters. The Hall–Kier alpha value is -5.60. The number of carbonyl (C=O) groups is 4. The third kappa shape index (κ3) is 8.99. The number of nitrogens with one attached hydrogen (secondary N) is 2. The number of hydrogen-bond donors (Lipinski definition) is 5. The molecular formula is C33H35N5O9. The number of aromatic carboxylic acids is 1. The smallest absolute Gasteiger partial charge is 0.355 e. The van der Waals surface area contributed by atoms with E-state index in [-0.39, 0.29) is 28.2 Å². The number of aliphatic hydroxyl groups is 1. The highest BCUT2D eigenvalue weighted by Crippen LogP contribution is 2.34. The summed E-state index contributed by atoms with van der Waals surface area (Å²) in [6, 6.07) is 12.0. The van der Waals surface area contributed by atoms with E-state index >= 15 is 0 Å². The number of aliphatic hydroxyl groups excluding tert-OH is 1. The van der Waals surface area contributed by atoms with Crippen LogP contribution in [0.25, 0.3) is 17.2 Å². The van der Waals surface area contributed by atoms with Gasteiger partial charge < -0.3 is 36.1 Å². The van der Waals surface area contributed by atoms with Crippen LogP contribution in [-0.2, 0) is 14.3 Å². The van der Waals surface area contributed by atoms with E-state index in [0.717, 1.165) is 12.8 Å². The van der Waals surface area contributed by atoms with Gasteiger partial charge in [-0.25, -0.2) is 14.8 Å². The van der Waals surface area contributed by atoms with E-state index in [1.165, 1.54) is 51.3 Å². The van der Waals surface area contributed by atoms with E-state index in [9.17, 15) is 29.4 Å². The maximum atomic E-state index is 13.7. The Balaban J connectivity index is 1.61. The lowest BCUT2D eigenvalue weighted by atomic mass is 9.94. The zero-order valence-corrected chi connectivity index (χ0v) is 26.0. The van der Waals surface area contributed by atoms with Crippen molar-refractivity contribution in [3.8, 4) is 16.9 Å². The van der Waals surface area contributed by atoms with Crippen LogP contribution in [0.3, 0.4) is 0 Å². The Kier molecular flexibility index (Phi) is 11.0. The van der Waals surface area contributed by atoms with Gasteiger partial charge in [0.05, 0.1) is 7.11 Å². The number of hydrogen-bond acceptors (Lipinski definition) is 10. The lowest BCUT2D eigenvalue weighted by Crippen LogP contribution is -2.27. The van der Waals surface area contributed by atoms with Gasteiger partial charge in [-0.05, 0) is 74.2 Å². The number of carbonyl (C=O) groups excluding carboxylic acids is 3. The van der Waals surface area contributed by atoms with Crippen molar-refractivity contribution in [2.24, 2.45) is 16.6 Å². The number of rotatable bonds is 14. The number of carboxylic acids is 1. The number of anilines is 1. The minimum Gasteiger partial charge on any atom is -0.496 e. The average Bonchev–Trinajstić information content (AvgIpc) is 3.87. The monoisotopic (exact) mass is 645 g/mol. The molecule has 4 rings (SSSR count). The Morgan fingerprint density at radius 2 is 1.81 bits per heavy atom. The van der Waals surface area contributed by atoms with Crippen LogP contribution in [0.15, 0.2) is 60.1 Å². The van der Waals surface area contributed by atoms with Gasteiger partial charge in [-0.3, -0.25) is 19.1 Å². The second kappa shape index (κ2) is 15.1. The first-order chi connectivity index (χ1) is 22.4. The minimum absolute atomic E-state index is 0.0617. The summed E-state index contributed by atoms with van der Waals surface area (Å²) >= 11 is 0. The number of esters is 1. The molecule has 1 aliphatic rings. The molecule has 47 heavy (non-hydrogen) atoms. The lowest BCUT2D eigenvalue weighted by molar-refractivity contribution is -0.215. The second-order valence-corrected chi connectivity index (χ2v) is 10.6. The number of carboxylic acid groups (broad SMARTS) is 1. The predicted molar refractivity (Wildman–Crippen MR) is 172 cm³/mol. The van der Waals surface area contributed by atoms with Gasteiger partial charge in [0.25, 0.3) is 18.2 Å². The zero-order chi connectivity index (χ0) is 34.2. The predicted octanol–water partition coefficient (Wildman–Crippen LogP) is 3.40. The number of methoxy groups -OCH3 is 1. The van der Waals surface area contributed by atoms with Crippen LogP contribution in [-0.4, -0.2) is 71.1 Å². The number of nitrogens with two attached hydrogens (primary N) is 1. The number of benzene rings is 2. The Bertz CT molecular complexity index is 1720. The van der Waals surface area contributed by atoms with E-state index in [0.29, 0.717) is 35.0 Å². The number of ether oxygens (including phenoxy) is 3. The van der Waals surface area contributed by atoms with Crippen LogP contribution in [0.4, 0.5) is 5.69 Å². The standard InChI is InChI=1S/C33H35N5O9/c1-5-20-14-25(30(40)36-22-10-8-21(9-11-22)29(34)38-33(44)47-18(3)46-17(2)39)24(15-27(20)45-4)23-12-13-26(37-28(23)32(42)43)31(41)35-16-19-6-7-19/h5,8-15,18-19,33,44H,1,6-7,16H2,2-4H3,(H2,34,38)(H,35,41)(H,36,40)(H,42,43). The zero-order valence-electron chi connectivity index (χ0n) is 26.0. The summed E-state index contributed by atoms with van der Waals surface area (Å²) in [7, 11) is 1.43. The van der Waals surface area contributed by atoms with Gasteiger partial charge in [-0.15, -0.1) is 0 Å². The summed E-state index contributed by atoms with van der Waals surface area (Å²) in [5, 5.41) is 25.6. The molecule has 3 aromatic rings. The summed E-state index contributed by atoms with van der Waals surface area (Å²) < 4.78 is 15.3. The van der Waals surface area contributed by atoms with Gasteiger partial charge >= 0.3 is 11.9 Å². The molecule has 1 fully saturated rings.